The Kier molecular flexibility index (Phi) is 2.75. The summed E-state index contributed by atoms with van der Waals surface area (Å²) >= 11 is 2.16. The summed E-state index contributed by atoms with van der Waals surface area (Å²) in [7, 11) is 1.66. The molecule has 1 aromatic heterocycles. The van der Waals surface area contributed by atoms with Gasteiger partial charge in [-0.2, -0.15) is 5.10 Å². The molecule has 0 aliphatic carbocycles. The number of nitrogens with zero attached hydrogens (tertiary/aromatic N) is 2. The molecule has 0 spiro atoms. The second-order valence-corrected chi connectivity index (χ2v) is 3.58. The van der Waals surface area contributed by atoms with Crippen molar-refractivity contribution < 1.29 is 4.74 Å². The highest BCUT2D eigenvalue weighted by molar-refractivity contribution is 14.1. The number of ether oxygens (including phenoxy) is 1. The monoisotopic (exact) mass is 266 g/mol. The summed E-state index contributed by atoms with van der Waals surface area (Å²) < 4.78 is 7.89. The van der Waals surface area contributed by atoms with Crippen molar-refractivity contribution in [3.05, 3.63) is 9.90 Å². The maximum Gasteiger partial charge on any atom is 0.170 e. The SMILES string of the molecule is COc1cn(C(C)C)nc1I. The van der Waals surface area contributed by atoms with Crippen LogP contribution in [0.2, 0.25) is 0 Å². The third-order valence-electron chi connectivity index (χ3n) is 1.41. The van der Waals surface area contributed by atoms with Gasteiger partial charge in [-0.15, -0.1) is 0 Å². The quantitative estimate of drug-likeness (QED) is 0.766. The van der Waals surface area contributed by atoms with Crippen LogP contribution < -0.4 is 4.74 Å². The van der Waals surface area contributed by atoms with Crippen LogP contribution in [-0.2, 0) is 0 Å². The van der Waals surface area contributed by atoms with Gasteiger partial charge in [0, 0.05) is 6.04 Å². The Morgan fingerprint density at radius 3 is 2.55 bits per heavy atom. The average Bonchev–Trinajstić information content (AvgIpc) is 2.31. The van der Waals surface area contributed by atoms with E-state index in [4.69, 9.17) is 4.74 Å². The van der Waals surface area contributed by atoms with Crippen molar-refractivity contribution in [3.8, 4) is 5.75 Å². The lowest BCUT2D eigenvalue weighted by Crippen LogP contribution is -2.00. The van der Waals surface area contributed by atoms with Gasteiger partial charge in [-0.3, -0.25) is 4.68 Å². The zero-order valence-electron chi connectivity index (χ0n) is 6.84. The molecule has 0 bridgehead atoms. The molecule has 0 aliphatic heterocycles. The van der Waals surface area contributed by atoms with Crippen molar-refractivity contribution in [1.82, 2.24) is 9.78 Å². The van der Waals surface area contributed by atoms with Gasteiger partial charge in [0.2, 0.25) is 0 Å². The summed E-state index contributed by atoms with van der Waals surface area (Å²) in [6.07, 6.45) is 1.91. The molecule has 0 unspecified atom stereocenters. The minimum absolute atomic E-state index is 0.396. The largest absolute Gasteiger partial charge is 0.492 e. The number of rotatable bonds is 2. The van der Waals surface area contributed by atoms with Gasteiger partial charge in [-0.1, -0.05) is 0 Å². The van der Waals surface area contributed by atoms with Crippen LogP contribution in [-0.4, -0.2) is 16.9 Å². The number of methoxy groups -OCH3 is 1. The van der Waals surface area contributed by atoms with Crippen LogP contribution in [0.5, 0.6) is 5.75 Å². The summed E-state index contributed by atoms with van der Waals surface area (Å²) in [5.41, 5.74) is 0. The van der Waals surface area contributed by atoms with E-state index in [1.807, 2.05) is 10.9 Å². The second kappa shape index (κ2) is 3.42. The van der Waals surface area contributed by atoms with Crippen molar-refractivity contribution in [2.24, 2.45) is 0 Å². The molecule has 1 rings (SSSR count). The summed E-state index contributed by atoms with van der Waals surface area (Å²) in [6, 6.07) is 0.396. The average molecular weight is 266 g/mol. The van der Waals surface area contributed by atoms with E-state index in [0.717, 1.165) is 9.45 Å². The van der Waals surface area contributed by atoms with E-state index in [-0.39, 0.29) is 0 Å². The maximum atomic E-state index is 5.08. The topological polar surface area (TPSA) is 27.1 Å². The predicted octanol–water partition coefficient (Wildman–Crippen LogP) is 2.08. The van der Waals surface area contributed by atoms with Crippen LogP contribution in [0.3, 0.4) is 0 Å². The Hall–Kier alpha value is -0.260. The summed E-state index contributed by atoms with van der Waals surface area (Å²) in [6.45, 7) is 4.17. The van der Waals surface area contributed by atoms with E-state index in [0.29, 0.717) is 6.04 Å². The molecule has 1 heterocycles. The highest BCUT2D eigenvalue weighted by atomic mass is 127. The van der Waals surface area contributed by atoms with Gasteiger partial charge >= 0.3 is 0 Å². The highest BCUT2D eigenvalue weighted by Gasteiger charge is 2.06. The molecule has 0 N–H and O–H groups in total. The molecule has 3 nitrogen and oxygen atoms in total. The van der Waals surface area contributed by atoms with Gasteiger partial charge in [-0.25, -0.2) is 0 Å². The number of hydrogen-bond donors (Lipinski definition) is 0. The molecule has 0 atom stereocenters. The summed E-state index contributed by atoms with van der Waals surface area (Å²) in [4.78, 5) is 0. The lowest BCUT2D eigenvalue weighted by Gasteiger charge is -2.02. The Morgan fingerprint density at radius 2 is 2.27 bits per heavy atom. The molecular formula is C7H11IN2O. The van der Waals surface area contributed by atoms with E-state index in [9.17, 15) is 0 Å². The Morgan fingerprint density at radius 1 is 1.64 bits per heavy atom. The highest BCUT2D eigenvalue weighted by Crippen LogP contribution is 2.19. The minimum Gasteiger partial charge on any atom is -0.492 e. The Labute approximate surface area is 79.9 Å². The van der Waals surface area contributed by atoms with Gasteiger partial charge in [0.15, 0.2) is 9.45 Å². The van der Waals surface area contributed by atoms with Gasteiger partial charge in [0.1, 0.15) is 0 Å². The van der Waals surface area contributed by atoms with E-state index in [1.165, 1.54) is 0 Å². The van der Waals surface area contributed by atoms with Gasteiger partial charge in [0.05, 0.1) is 13.3 Å². The molecule has 0 aliphatic rings. The normalized spacial score (nSPS) is 10.6. The Balaban J connectivity index is 2.95. The smallest absolute Gasteiger partial charge is 0.170 e. The van der Waals surface area contributed by atoms with Crippen molar-refractivity contribution in [2.45, 2.75) is 19.9 Å². The Bertz CT molecular complexity index is 245. The lowest BCUT2D eigenvalue weighted by molar-refractivity contribution is 0.410. The first-order valence-corrected chi connectivity index (χ1v) is 4.51. The van der Waals surface area contributed by atoms with Crippen LogP contribution in [0.4, 0.5) is 0 Å². The molecule has 1 aromatic rings. The van der Waals surface area contributed by atoms with Crippen molar-refractivity contribution in [2.75, 3.05) is 7.11 Å². The number of hydrogen-bond acceptors (Lipinski definition) is 2. The van der Waals surface area contributed by atoms with Crippen LogP contribution in [0, 0.1) is 3.70 Å². The number of halogens is 1. The first-order chi connectivity index (χ1) is 5.15. The van der Waals surface area contributed by atoms with Crippen LogP contribution in [0.25, 0.3) is 0 Å². The molecular weight excluding hydrogens is 255 g/mol. The zero-order chi connectivity index (χ0) is 8.43. The van der Waals surface area contributed by atoms with Gasteiger partial charge < -0.3 is 4.74 Å². The third-order valence-corrected chi connectivity index (χ3v) is 2.15. The van der Waals surface area contributed by atoms with Crippen molar-refractivity contribution in [3.63, 3.8) is 0 Å². The summed E-state index contributed by atoms with van der Waals surface area (Å²) in [5.74, 6) is 0.847. The molecule has 0 amide bonds. The fourth-order valence-corrected chi connectivity index (χ4v) is 1.36. The molecule has 4 heteroatoms. The van der Waals surface area contributed by atoms with Gasteiger partial charge in [-0.05, 0) is 36.4 Å². The molecule has 11 heavy (non-hydrogen) atoms. The number of aromatic nitrogens is 2. The first-order valence-electron chi connectivity index (χ1n) is 3.43. The van der Waals surface area contributed by atoms with Crippen LogP contribution in [0.15, 0.2) is 6.20 Å². The van der Waals surface area contributed by atoms with Crippen LogP contribution in [0.1, 0.15) is 19.9 Å². The van der Waals surface area contributed by atoms with Crippen molar-refractivity contribution >= 4 is 22.6 Å². The third kappa shape index (κ3) is 1.85. The predicted molar refractivity (Wildman–Crippen MR) is 51.9 cm³/mol. The maximum absolute atomic E-state index is 5.08. The zero-order valence-corrected chi connectivity index (χ0v) is 8.99. The fraction of sp³-hybridized carbons (Fsp3) is 0.571. The molecule has 0 saturated heterocycles. The molecule has 0 fully saturated rings. The first kappa shape index (κ1) is 8.83. The lowest BCUT2D eigenvalue weighted by atomic mass is 10.4. The summed E-state index contributed by atoms with van der Waals surface area (Å²) in [5, 5.41) is 4.26. The molecule has 0 saturated carbocycles. The molecule has 0 radical (unpaired) electrons. The van der Waals surface area contributed by atoms with E-state index < -0.39 is 0 Å². The van der Waals surface area contributed by atoms with E-state index >= 15 is 0 Å². The fourth-order valence-electron chi connectivity index (χ4n) is 0.754. The van der Waals surface area contributed by atoms with E-state index in [2.05, 4.69) is 41.5 Å². The van der Waals surface area contributed by atoms with Crippen molar-refractivity contribution in [1.29, 1.82) is 0 Å². The van der Waals surface area contributed by atoms with Crippen LogP contribution >= 0.6 is 22.6 Å². The second-order valence-electron chi connectivity index (χ2n) is 2.56. The molecule has 0 aromatic carbocycles. The van der Waals surface area contributed by atoms with E-state index in [1.54, 1.807) is 7.11 Å². The molecule has 62 valence electrons. The van der Waals surface area contributed by atoms with Gasteiger partial charge in [0.25, 0.3) is 0 Å². The minimum atomic E-state index is 0.396. The standard InChI is InChI=1S/C7H11IN2O/c1-5(2)10-4-6(11-3)7(8)9-10/h4-5H,1-3H3.